The standard InChI is InChI=1S/C11H16BrN3/c1-2-9-5-3-4-6-15(9)11-8-13-10(12)7-14-11/h7-9H,2-6H2,1H3. The van der Waals surface area contributed by atoms with Gasteiger partial charge in [0.1, 0.15) is 10.4 Å². The summed E-state index contributed by atoms with van der Waals surface area (Å²) in [5.74, 6) is 1.02. The summed E-state index contributed by atoms with van der Waals surface area (Å²) in [6.45, 7) is 3.37. The summed E-state index contributed by atoms with van der Waals surface area (Å²) >= 11 is 3.31. The Labute approximate surface area is 99.0 Å². The monoisotopic (exact) mass is 269 g/mol. The van der Waals surface area contributed by atoms with Gasteiger partial charge in [0.2, 0.25) is 0 Å². The number of rotatable bonds is 2. The van der Waals surface area contributed by atoms with E-state index < -0.39 is 0 Å². The molecule has 1 aliphatic rings. The van der Waals surface area contributed by atoms with Gasteiger partial charge in [-0.15, -0.1) is 0 Å². The van der Waals surface area contributed by atoms with Crippen LogP contribution in [0.15, 0.2) is 17.0 Å². The zero-order chi connectivity index (χ0) is 10.7. The fourth-order valence-electron chi connectivity index (χ4n) is 2.18. The Balaban J connectivity index is 2.16. The van der Waals surface area contributed by atoms with Crippen molar-refractivity contribution in [1.82, 2.24) is 9.97 Å². The summed E-state index contributed by atoms with van der Waals surface area (Å²) in [4.78, 5) is 11.0. The van der Waals surface area contributed by atoms with Crippen LogP contribution >= 0.6 is 15.9 Å². The minimum absolute atomic E-state index is 0.647. The molecule has 82 valence electrons. The van der Waals surface area contributed by atoms with Gasteiger partial charge in [0.05, 0.1) is 12.4 Å². The Hall–Kier alpha value is -0.640. The van der Waals surface area contributed by atoms with Crippen LogP contribution in [0, 0.1) is 0 Å². The maximum Gasteiger partial charge on any atom is 0.147 e. The molecule has 1 atom stereocenters. The molecule has 0 saturated carbocycles. The van der Waals surface area contributed by atoms with Gasteiger partial charge in [-0.2, -0.15) is 0 Å². The van der Waals surface area contributed by atoms with Crippen molar-refractivity contribution in [3.8, 4) is 0 Å². The summed E-state index contributed by atoms with van der Waals surface area (Å²) in [5.41, 5.74) is 0. The minimum atomic E-state index is 0.647. The van der Waals surface area contributed by atoms with Crippen LogP contribution < -0.4 is 4.90 Å². The predicted octanol–water partition coefficient (Wildman–Crippen LogP) is 3.01. The molecule has 3 nitrogen and oxygen atoms in total. The molecule has 1 unspecified atom stereocenters. The highest BCUT2D eigenvalue weighted by atomic mass is 79.9. The molecule has 1 fully saturated rings. The molecule has 15 heavy (non-hydrogen) atoms. The van der Waals surface area contributed by atoms with Gasteiger partial charge >= 0.3 is 0 Å². The van der Waals surface area contributed by atoms with Crippen LogP contribution in [0.3, 0.4) is 0 Å². The number of hydrogen-bond donors (Lipinski definition) is 0. The third-order valence-electron chi connectivity index (χ3n) is 3.00. The Morgan fingerprint density at radius 3 is 2.93 bits per heavy atom. The molecule has 1 aliphatic heterocycles. The summed E-state index contributed by atoms with van der Waals surface area (Å²) in [6, 6.07) is 0.647. The van der Waals surface area contributed by atoms with Crippen LogP contribution in [0.4, 0.5) is 5.82 Å². The average Bonchev–Trinajstić information content (AvgIpc) is 2.30. The van der Waals surface area contributed by atoms with Crippen molar-refractivity contribution in [2.75, 3.05) is 11.4 Å². The zero-order valence-corrected chi connectivity index (χ0v) is 10.6. The number of halogens is 1. The number of aromatic nitrogens is 2. The minimum Gasteiger partial charge on any atom is -0.352 e. The SMILES string of the molecule is CCC1CCCCN1c1cnc(Br)cn1. The van der Waals surface area contributed by atoms with Gasteiger partial charge in [0.25, 0.3) is 0 Å². The zero-order valence-electron chi connectivity index (χ0n) is 8.99. The van der Waals surface area contributed by atoms with Gasteiger partial charge in [-0.25, -0.2) is 9.97 Å². The average molecular weight is 270 g/mol. The quantitative estimate of drug-likeness (QED) is 0.827. The lowest BCUT2D eigenvalue weighted by Crippen LogP contribution is -2.39. The smallest absolute Gasteiger partial charge is 0.147 e. The molecule has 0 aromatic carbocycles. The van der Waals surface area contributed by atoms with E-state index >= 15 is 0 Å². The normalized spacial score (nSPS) is 21.7. The van der Waals surface area contributed by atoms with E-state index in [1.54, 1.807) is 6.20 Å². The highest BCUT2D eigenvalue weighted by Gasteiger charge is 2.21. The van der Waals surface area contributed by atoms with Gasteiger partial charge in [0.15, 0.2) is 0 Å². The molecule has 0 bridgehead atoms. The summed E-state index contributed by atoms with van der Waals surface area (Å²) in [5, 5.41) is 0. The van der Waals surface area contributed by atoms with E-state index in [1.807, 2.05) is 6.20 Å². The molecule has 1 aromatic rings. The number of anilines is 1. The first-order valence-electron chi connectivity index (χ1n) is 5.55. The summed E-state index contributed by atoms with van der Waals surface area (Å²) in [7, 11) is 0. The van der Waals surface area contributed by atoms with Crippen molar-refractivity contribution >= 4 is 21.7 Å². The van der Waals surface area contributed by atoms with E-state index in [9.17, 15) is 0 Å². The molecular weight excluding hydrogens is 254 g/mol. The second-order valence-corrected chi connectivity index (χ2v) is 4.76. The molecule has 1 saturated heterocycles. The lowest BCUT2D eigenvalue weighted by atomic mass is 10.0. The highest BCUT2D eigenvalue weighted by Crippen LogP contribution is 2.24. The summed E-state index contributed by atoms with van der Waals surface area (Å²) in [6.07, 6.45) is 8.73. The third kappa shape index (κ3) is 2.48. The molecule has 0 spiro atoms. The fraction of sp³-hybridized carbons (Fsp3) is 0.636. The van der Waals surface area contributed by atoms with E-state index in [-0.39, 0.29) is 0 Å². The molecular formula is C11H16BrN3. The Morgan fingerprint density at radius 1 is 1.40 bits per heavy atom. The van der Waals surface area contributed by atoms with E-state index in [4.69, 9.17) is 0 Å². The van der Waals surface area contributed by atoms with Crippen molar-refractivity contribution in [2.45, 2.75) is 38.6 Å². The van der Waals surface area contributed by atoms with Crippen molar-refractivity contribution in [3.63, 3.8) is 0 Å². The Bertz CT molecular complexity index is 312. The summed E-state index contributed by atoms with van der Waals surface area (Å²) < 4.78 is 0.802. The molecule has 0 amide bonds. The van der Waals surface area contributed by atoms with E-state index in [2.05, 4.69) is 37.7 Å². The number of nitrogens with zero attached hydrogens (tertiary/aromatic N) is 3. The highest BCUT2D eigenvalue weighted by molar-refractivity contribution is 9.10. The van der Waals surface area contributed by atoms with E-state index in [0.29, 0.717) is 6.04 Å². The first-order chi connectivity index (χ1) is 7.31. The van der Waals surface area contributed by atoms with Gasteiger partial charge in [-0.05, 0) is 41.6 Å². The second kappa shape index (κ2) is 4.92. The molecule has 0 aliphatic carbocycles. The first kappa shape index (κ1) is 10.9. The maximum atomic E-state index is 4.42. The maximum absolute atomic E-state index is 4.42. The molecule has 1 aromatic heterocycles. The lowest BCUT2D eigenvalue weighted by Gasteiger charge is -2.35. The van der Waals surface area contributed by atoms with Crippen LogP contribution in [0.1, 0.15) is 32.6 Å². The van der Waals surface area contributed by atoms with Gasteiger partial charge in [-0.1, -0.05) is 6.92 Å². The largest absolute Gasteiger partial charge is 0.352 e. The lowest BCUT2D eigenvalue weighted by molar-refractivity contribution is 0.446. The Kier molecular flexibility index (Phi) is 3.57. The van der Waals surface area contributed by atoms with Gasteiger partial charge in [-0.3, -0.25) is 0 Å². The van der Waals surface area contributed by atoms with Crippen molar-refractivity contribution in [2.24, 2.45) is 0 Å². The van der Waals surface area contributed by atoms with Crippen LogP contribution in [-0.4, -0.2) is 22.6 Å². The molecule has 2 rings (SSSR count). The third-order valence-corrected chi connectivity index (χ3v) is 3.41. The Morgan fingerprint density at radius 2 is 2.27 bits per heavy atom. The van der Waals surface area contributed by atoms with E-state index in [0.717, 1.165) is 17.0 Å². The number of piperidine rings is 1. The van der Waals surface area contributed by atoms with Gasteiger partial charge < -0.3 is 4.90 Å². The van der Waals surface area contributed by atoms with Crippen LogP contribution in [0.2, 0.25) is 0 Å². The molecule has 0 radical (unpaired) electrons. The van der Waals surface area contributed by atoms with Gasteiger partial charge in [0, 0.05) is 12.6 Å². The van der Waals surface area contributed by atoms with Crippen LogP contribution in [0.25, 0.3) is 0 Å². The predicted molar refractivity (Wildman–Crippen MR) is 65.0 cm³/mol. The van der Waals surface area contributed by atoms with Crippen LogP contribution in [0.5, 0.6) is 0 Å². The first-order valence-corrected chi connectivity index (χ1v) is 6.34. The fourth-order valence-corrected chi connectivity index (χ4v) is 2.39. The topological polar surface area (TPSA) is 29.0 Å². The van der Waals surface area contributed by atoms with Crippen molar-refractivity contribution in [1.29, 1.82) is 0 Å². The molecule has 0 N–H and O–H groups in total. The number of hydrogen-bond acceptors (Lipinski definition) is 3. The second-order valence-electron chi connectivity index (χ2n) is 3.95. The van der Waals surface area contributed by atoms with Crippen molar-refractivity contribution in [3.05, 3.63) is 17.0 Å². The van der Waals surface area contributed by atoms with E-state index in [1.165, 1.54) is 25.7 Å². The van der Waals surface area contributed by atoms with Crippen LogP contribution in [-0.2, 0) is 0 Å². The van der Waals surface area contributed by atoms with Crippen molar-refractivity contribution < 1.29 is 0 Å². The molecule has 2 heterocycles. The molecule has 4 heteroatoms.